The molecule has 13 heteroatoms. The van der Waals surface area contributed by atoms with Crippen molar-refractivity contribution in [3.8, 4) is 11.4 Å². The number of pyridine rings is 1. The number of halogens is 3. The maximum atomic E-state index is 13.1. The van der Waals surface area contributed by atoms with Gasteiger partial charge in [-0.1, -0.05) is 6.07 Å². The molecule has 0 bridgehead atoms. The van der Waals surface area contributed by atoms with Crippen molar-refractivity contribution in [1.82, 2.24) is 30.5 Å². The number of carbonyl (C=O) groups is 2. The highest BCUT2D eigenvalue weighted by Gasteiger charge is 2.40. The Balaban J connectivity index is 1.13. The van der Waals surface area contributed by atoms with Gasteiger partial charge in [-0.2, -0.15) is 13.2 Å². The summed E-state index contributed by atoms with van der Waals surface area (Å²) in [5, 5.41) is 17.5. The first-order valence-electron chi connectivity index (χ1n) is 14.5. The van der Waals surface area contributed by atoms with Gasteiger partial charge in [-0.15, -0.1) is 0 Å². The van der Waals surface area contributed by atoms with E-state index in [0.29, 0.717) is 56.8 Å². The van der Waals surface area contributed by atoms with E-state index in [1.807, 2.05) is 12.1 Å². The van der Waals surface area contributed by atoms with E-state index in [2.05, 4.69) is 25.6 Å². The normalized spacial score (nSPS) is 23.8. The number of likely N-dealkylation sites (tertiary alicyclic amines) is 1. The number of methoxy groups -OCH3 is 1. The van der Waals surface area contributed by atoms with Crippen molar-refractivity contribution >= 4 is 11.8 Å². The SMILES string of the molecule is COCC1C[C@H](NC2CCC(O)(c3ccc(-c4ncccn4)cn3)CC2)CN1C(=O)CNC(=O)c1cccc(C(F)(F)F)c1. The summed E-state index contributed by atoms with van der Waals surface area (Å²) < 4.78 is 44.4. The number of hydrogen-bond acceptors (Lipinski definition) is 8. The van der Waals surface area contributed by atoms with E-state index in [9.17, 15) is 27.9 Å². The van der Waals surface area contributed by atoms with Crippen molar-refractivity contribution in [2.45, 2.75) is 62.0 Å². The molecule has 2 fully saturated rings. The predicted octanol–water partition coefficient (Wildman–Crippen LogP) is 3.32. The van der Waals surface area contributed by atoms with Crippen LogP contribution < -0.4 is 10.6 Å². The zero-order valence-electron chi connectivity index (χ0n) is 24.3. The van der Waals surface area contributed by atoms with Crippen molar-refractivity contribution < 1.29 is 32.6 Å². The zero-order chi connectivity index (χ0) is 31.3. The predicted molar refractivity (Wildman–Crippen MR) is 154 cm³/mol. The van der Waals surface area contributed by atoms with Gasteiger partial charge in [0.1, 0.15) is 5.60 Å². The Hall–Kier alpha value is -3.94. The van der Waals surface area contributed by atoms with E-state index in [-0.39, 0.29) is 36.1 Å². The average molecular weight is 613 g/mol. The van der Waals surface area contributed by atoms with Gasteiger partial charge in [0.15, 0.2) is 5.82 Å². The summed E-state index contributed by atoms with van der Waals surface area (Å²) in [5.41, 5.74) is -0.758. The lowest BCUT2D eigenvalue weighted by Gasteiger charge is -2.37. The van der Waals surface area contributed by atoms with E-state index < -0.39 is 23.2 Å². The number of benzene rings is 1. The number of nitrogens with zero attached hydrogens (tertiary/aromatic N) is 4. The summed E-state index contributed by atoms with van der Waals surface area (Å²) in [6.07, 6.45) is 3.56. The summed E-state index contributed by atoms with van der Waals surface area (Å²) in [4.78, 5) is 40.2. The summed E-state index contributed by atoms with van der Waals surface area (Å²) in [7, 11) is 1.55. The minimum absolute atomic E-state index is 0.0160. The molecule has 5 rings (SSSR count). The largest absolute Gasteiger partial charge is 0.416 e. The molecule has 234 valence electrons. The molecule has 0 spiro atoms. The highest BCUT2D eigenvalue weighted by atomic mass is 19.4. The molecule has 2 atom stereocenters. The molecule has 2 aliphatic rings. The van der Waals surface area contributed by atoms with Crippen LogP contribution in [0.25, 0.3) is 11.4 Å². The smallest absolute Gasteiger partial charge is 0.384 e. The fourth-order valence-corrected chi connectivity index (χ4v) is 5.99. The van der Waals surface area contributed by atoms with E-state index in [0.717, 1.165) is 23.8 Å². The number of alkyl halides is 3. The Bertz CT molecular complexity index is 1430. The molecule has 0 radical (unpaired) electrons. The number of hydrogen-bond donors (Lipinski definition) is 3. The molecule has 1 aliphatic carbocycles. The number of carbonyl (C=O) groups excluding carboxylic acids is 2. The third kappa shape index (κ3) is 7.40. The highest BCUT2D eigenvalue weighted by Crippen LogP contribution is 2.37. The lowest BCUT2D eigenvalue weighted by atomic mass is 9.79. The number of aliphatic hydroxyl groups is 1. The van der Waals surface area contributed by atoms with Gasteiger partial charge in [0.25, 0.3) is 5.91 Å². The molecule has 1 saturated carbocycles. The van der Waals surface area contributed by atoms with Crippen LogP contribution in [0.15, 0.2) is 61.1 Å². The lowest BCUT2D eigenvalue weighted by Crippen LogP contribution is -2.47. The number of ether oxygens (including phenoxy) is 1. The van der Waals surface area contributed by atoms with Crippen molar-refractivity contribution in [2.24, 2.45) is 0 Å². The minimum Gasteiger partial charge on any atom is -0.384 e. The van der Waals surface area contributed by atoms with E-state index in [4.69, 9.17) is 4.74 Å². The van der Waals surface area contributed by atoms with Gasteiger partial charge >= 0.3 is 6.18 Å². The number of aromatic nitrogens is 3. The van der Waals surface area contributed by atoms with E-state index >= 15 is 0 Å². The first-order chi connectivity index (χ1) is 21.1. The minimum atomic E-state index is -4.57. The molecule has 10 nitrogen and oxygen atoms in total. The number of rotatable bonds is 9. The summed E-state index contributed by atoms with van der Waals surface area (Å²) in [6.45, 7) is 0.365. The number of nitrogens with one attached hydrogen (secondary N) is 2. The van der Waals surface area contributed by atoms with Crippen molar-refractivity contribution in [1.29, 1.82) is 0 Å². The van der Waals surface area contributed by atoms with Crippen LogP contribution in [0.4, 0.5) is 13.2 Å². The molecule has 1 unspecified atom stereocenters. The summed E-state index contributed by atoms with van der Waals surface area (Å²) in [5.74, 6) is -0.528. The van der Waals surface area contributed by atoms with E-state index in [1.165, 1.54) is 6.07 Å². The van der Waals surface area contributed by atoms with E-state index in [1.54, 1.807) is 36.7 Å². The summed E-state index contributed by atoms with van der Waals surface area (Å²) in [6, 6.07) is 9.41. The highest BCUT2D eigenvalue weighted by molar-refractivity contribution is 5.96. The second-order valence-corrected chi connectivity index (χ2v) is 11.3. The van der Waals surface area contributed by atoms with Crippen LogP contribution in [0.3, 0.4) is 0 Å². The topological polar surface area (TPSA) is 130 Å². The quantitative estimate of drug-likeness (QED) is 0.336. The van der Waals surface area contributed by atoms with Gasteiger partial charge in [0, 0.05) is 55.5 Å². The van der Waals surface area contributed by atoms with Gasteiger partial charge in [0.2, 0.25) is 5.91 Å². The van der Waals surface area contributed by atoms with Crippen LogP contribution in [0.2, 0.25) is 0 Å². The van der Waals surface area contributed by atoms with Crippen molar-refractivity contribution in [3.63, 3.8) is 0 Å². The Morgan fingerprint density at radius 3 is 2.48 bits per heavy atom. The molecule has 3 heterocycles. The van der Waals surface area contributed by atoms with Crippen LogP contribution in [0.5, 0.6) is 0 Å². The molecule has 2 amide bonds. The molecule has 3 aromatic rings. The molecular formula is C31H35F3N6O4. The van der Waals surface area contributed by atoms with Gasteiger partial charge in [0.05, 0.1) is 30.5 Å². The standard InChI is InChI=1S/C31H35F3N6O4/c1-44-19-25-15-24(18-40(25)27(41)17-38-29(42)20-4-2-5-22(14-20)31(32,33)34)39-23-8-10-30(43,11-9-23)26-7-6-21(16-37-26)28-35-12-3-13-36-28/h2-7,12-14,16,23-25,39,43H,8-11,15,17-19H2,1H3,(H,38,42)/t23?,24-,25?,30?/m0/s1. The second-order valence-electron chi connectivity index (χ2n) is 11.3. The van der Waals surface area contributed by atoms with Gasteiger partial charge < -0.3 is 25.4 Å². The second kappa shape index (κ2) is 13.4. The molecular weight excluding hydrogens is 577 g/mol. The Morgan fingerprint density at radius 2 is 1.82 bits per heavy atom. The van der Waals surface area contributed by atoms with Crippen LogP contribution in [-0.4, -0.2) is 81.7 Å². The lowest BCUT2D eigenvalue weighted by molar-refractivity contribution is -0.137. The molecule has 44 heavy (non-hydrogen) atoms. The molecule has 1 aromatic carbocycles. The Kier molecular flexibility index (Phi) is 9.56. The third-order valence-corrected chi connectivity index (χ3v) is 8.29. The Morgan fingerprint density at radius 1 is 1.07 bits per heavy atom. The van der Waals surface area contributed by atoms with Crippen LogP contribution in [0, 0.1) is 0 Å². The molecule has 1 saturated heterocycles. The molecule has 1 aliphatic heterocycles. The maximum Gasteiger partial charge on any atom is 0.416 e. The van der Waals surface area contributed by atoms with Gasteiger partial charge in [-0.05, 0) is 68.5 Å². The fourth-order valence-electron chi connectivity index (χ4n) is 5.99. The number of amides is 2. The Labute approximate surface area is 253 Å². The summed E-state index contributed by atoms with van der Waals surface area (Å²) >= 11 is 0. The zero-order valence-corrected chi connectivity index (χ0v) is 24.3. The monoisotopic (exact) mass is 612 g/mol. The first-order valence-corrected chi connectivity index (χ1v) is 14.5. The maximum absolute atomic E-state index is 13.1. The average Bonchev–Trinajstić information content (AvgIpc) is 3.43. The van der Waals surface area contributed by atoms with Crippen molar-refractivity contribution in [3.05, 3.63) is 77.9 Å². The third-order valence-electron chi connectivity index (χ3n) is 8.29. The van der Waals surface area contributed by atoms with Crippen LogP contribution in [0.1, 0.15) is 53.7 Å². The first kappa shape index (κ1) is 31.5. The van der Waals surface area contributed by atoms with Crippen molar-refractivity contribution in [2.75, 3.05) is 26.8 Å². The molecule has 2 aromatic heterocycles. The van der Waals surface area contributed by atoms with Gasteiger partial charge in [-0.3, -0.25) is 14.6 Å². The van der Waals surface area contributed by atoms with Crippen LogP contribution in [-0.2, 0) is 21.3 Å². The molecule has 3 N–H and O–H groups in total. The van der Waals surface area contributed by atoms with Gasteiger partial charge in [-0.25, -0.2) is 9.97 Å². The fraction of sp³-hybridized carbons (Fsp3) is 0.452. The van der Waals surface area contributed by atoms with Crippen LogP contribution >= 0.6 is 0 Å².